The van der Waals surface area contributed by atoms with Gasteiger partial charge in [-0.05, 0) is 17.7 Å². The summed E-state index contributed by atoms with van der Waals surface area (Å²) in [5.74, 6) is 0.794. The van der Waals surface area contributed by atoms with Gasteiger partial charge in [-0.1, -0.05) is 48.5 Å². The van der Waals surface area contributed by atoms with Crippen molar-refractivity contribution in [2.45, 2.75) is 12.5 Å². The van der Waals surface area contributed by atoms with Gasteiger partial charge in [-0.2, -0.15) is 0 Å². The number of nitrogens with zero attached hydrogens (tertiary/aromatic N) is 1. The van der Waals surface area contributed by atoms with Crippen LogP contribution in [0.15, 0.2) is 60.7 Å². The molecule has 1 heterocycles. The van der Waals surface area contributed by atoms with Gasteiger partial charge in [0.25, 0.3) is 0 Å². The number of aromatic nitrogens is 1. The van der Waals surface area contributed by atoms with E-state index in [2.05, 4.69) is 6.07 Å². The average Bonchev–Trinajstić information content (AvgIpc) is 2.55. The highest BCUT2D eigenvalue weighted by atomic mass is 16.5. The van der Waals surface area contributed by atoms with Crippen molar-refractivity contribution < 1.29 is 4.74 Å². The summed E-state index contributed by atoms with van der Waals surface area (Å²) in [5, 5.41) is 1.08. The molecule has 0 radical (unpaired) electrons. The van der Waals surface area contributed by atoms with Crippen molar-refractivity contribution in [3.63, 3.8) is 0 Å². The fourth-order valence-electron chi connectivity index (χ4n) is 2.48. The summed E-state index contributed by atoms with van der Waals surface area (Å²) in [6, 6.07) is 20.1. The second-order valence-electron chi connectivity index (χ2n) is 5.06. The minimum Gasteiger partial charge on any atom is -0.494 e. The lowest BCUT2D eigenvalue weighted by molar-refractivity contribution is 0.419. The number of hydrogen-bond donors (Lipinski definition) is 1. The summed E-state index contributed by atoms with van der Waals surface area (Å²) < 4.78 is 5.38. The van der Waals surface area contributed by atoms with Gasteiger partial charge in [-0.15, -0.1) is 0 Å². The number of methoxy groups -OCH3 is 1. The normalized spacial score (nSPS) is 12.3. The second-order valence-corrected chi connectivity index (χ2v) is 5.06. The average molecular weight is 278 g/mol. The van der Waals surface area contributed by atoms with E-state index in [-0.39, 0.29) is 6.04 Å². The molecule has 0 fully saturated rings. The molecule has 0 saturated carbocycles. The zero-order valence-electron chi connectivity index (χ0n) is 12.0. The number of nitrogens with two attached hydrogens (primary N) is 1. The van der Waals surface area contributed by atoms with Crippen LogP contribution in [0.25, 0.3) is 10.9 Å². The molecule has 1 unspecified atom stereocenters. The molecule has 0 bridgehead atoms. The monoisotopic (exact) mass is 278 g/mol. The lowest BCUT2D eigenvalue weighted by atomic mass is 10.0. The molecule has 21 heavy (non-hydrogen) atoms. The molecule has 3 nitrogen and oxygen atoms in total. The summed E-state index contributed by atoms with van der Waals surface area (Å²) in [4.78, 5) is 4.71. The third-order valence-electron chi connectivity index (χ3n) is 3.62. The molecule has 0 aliphatic rings. The molecular weight excluding hydrogens is 260 g/mol. The van der Waals surface area contributed by atoms with Gasteiger partial charge in [0.15, 0.2) is 0 Å². The molecule has 0 saturated heterocycles. The number of benzene rings is 2. The Bertz CT molecular complexity index is 741. The maximum atomic E-state index is 6.27. The highest BCUT2D eigenvalue weighted by Gasteiger charge is 2.09. The number of rotatable bonds is 4. The van der Waals surface area contributed by atoms with E-state index in [4.69, 9.17) is 15.5 Å². The van der Waals surface area contributed by atoms with Crippen molar-refractivity contribution in [1.82, 2.24) is 4.98 Å². The Hall–Kier alpha value is -2.39. The van der Waals surface area contributed by atoms with Gasteiger partial charge in [0.2, 0.25) is 0 Å². The van der Waals surface area contributed by atoms with E-state index < -0.39 is 0 Å². The first kappa shape index (κ1) is 13.6. The Balaban J connectivity index is 1.91. The van der Waals surface area contributed by atoms with Crippen LogP contribution in [0, 0.1) is 0 Å². The largest absolute Gasteiger partial charge is 0.494 e. The molecular formula is C18H18N2O. The Morgan fingerprint density at radius 1 is 1.00 bits per heavy atom. The first-order valence-electron chi connectivity index (χ1n) is 7.01. The Labute approximate surface area is 124 Å². The highest BCUT2D eigenvalue weighted by Crippen LogP contribution is 2.24. The summed E-state index contributed by atoms with van der Waals surface area (Å²) in [5.41, 5.74) is 9.26. The van der Waals surface area contributed by atoms with Crippen molar-refractivity contribution in [3.05, 3.63) is 71.9 Å². The molecule has 0 spiro atoms. The predicted octanol–water partition coefficient (Wildman–Crippen LogP) is 3.49. The van der Waals surface area contributed by atoms with Gasteiger partial charge in [0.1, 0.15) is 11.3 Å². The topological polar surface area (TPSA) is 48.1 Å². The molecule has 106 valence electrons. The van der Waals surface area contributed by atoms with Crippen LogP contribution >= 0.6 is 0 Å². The van der Waals surface area contributed by atoms with Crippen molar-refractivity contribution >= 4 is 10.9 Å². The van der Waals surface area contributed by atoms with Gasteiger partial charge < -0.3 is 10.5 Å². The Morgan fingerprint density at radius 2 is 1.81 bits per heavy atom. The molecule has 2 aromatic carbocycles. The van der Waals surface area contributed by atoms with Crippen LogP contribution < -0.4 is 10.5 Å². The van der Waals surface area contributed by atoms with Gasteiger partial charge >= 0.3 is 0 Å². The Kier molecular flexibility index (Phi) is 3.84. The SMILES string of the molecule is COc1cccc2ccc(CC(N)c3ccccc3)nc12. The van der Waals surface area contributed by atoms with Crippen LogP contribution in [0.3, 0.4) is 0 Å². The van der Waals surface area contributed by atoms with Crippen LogP contribution in [0.2, 0.25) is 0 Å². The summed E-state index contributed by atoms with van der Waals surface area (Å²) in [7, 11) is 1.67. The van der Waals surface area contributed by atoms with E-state index in [1.807, 2.05) is 54.6 Å². The lowest BCUT2D eigenvalue weighted by Gasteiger charge is -2.12. The highest BCUT2D eigenvalue weighted by molar-refractivity contribution is 5.84. The quantitative estimate of drug-likeness (QED) is 0.794. The van der Waals surface area contributed by atoms with Crippen molar-refractivity contribution in [1.29, 1.82) is 0 Å². The maximum absolute atomic E-state index is 6.27. The molecule has 0 aliphatic carbocycles. The number of hydrogen-bond acceptors (Lipinski definition) is 3. The zero-order chi connectivity index (χ0) is 14.7. The predicted molar refractivity (Wildman–Crippen MR) is 85.4 cm³/mol. The molecule has 2 N–H and O–H groups in total. The third kappa shape index (κ3) is 2.88. The molecule has 1 atom stereocenters. The summed E-state index contributed by atoms with van der Waals surface area (Å²) >= 11 is 0. The van der Waals surface area contributed by atoms with Crippen LogP contribution in [0.4, 0.5) is 0 Å². The van der Waals surface area contributed by atoms with Crippen LogP contribution in [-0.2, 0) is 6.42 Å². The summed E-state index contributed by atoms with van der Waals surface area (Å²) in [6.45, 7) is 0. The van der Waals surface area contributed by atoms with Gasteiger partial charge in [-0.25, -0.2) is 4.98 Å². The van der Waals surface area contributed by atoms with Crippen molar-refractivity contribution in [2.75, 3.05) is 7.11 Å². The van der Waals surface area contributed by atoms with E-state index in [1.54, 1.807) is 7.11 Å². The molecule has 1 aromatic heterocycles. The van der Waals surface area contributed by atoms with Gasteiger partial charge in [0, 0.05) is 23.5 Å². The molecule has 3 heteroatoms. The minimum atomic E-state index is -0.0501. The standard InChI is InChI=1S/C18H18N2O/c1-21-17-9-5-8-14-10-11-15(20-18(14)17)12-16(19)13-6-3-2-4-7-13/h2-11,16H,12,19H2,1H3. The van der Waals surface area contributed by atoms with E-state index in [1.165, 1.54) is 0 Å². The first-order valence-corrected chi connectivity index (χ1v) is 7.01. The van der Waals surface area contributed by atoms with E-state index in [9.17, 15) is 0 Å². The summed E-state index contributed by atoms with van der Waals surface area (Å²) in [6.07, 6.45) is 0.706. The number of fused-ring (bicyclic) bond motifs is 1. The third-order valence-corrected chi connectivity index (χ3v) is 3.62. The smallest absolute Gasteiger partial charge is 0.145 e. The number of pyridine rings is 1. The molecule has 3 rings (SSSR count). The van der Waals surface area contributed by atoms with Crippen molar-refractivity contribution in [2.24, 2.45) is 5.73 Å². The molecule has 0 aliphatic heterocycles. The second kappa shape index (κ2) is 5.94. The molecule has 0 amide bonds. The fraction of sp³-hybridized carbons (Fsp3) is 0.167. The Morgan fingerprint density at radius 3 is 2.57 bits per heavy atom. The van der Waals surface area contributed by atoms with Crippen LogP contribution in [-0.4, -0.2) is 12.1 Å². The zero-order valence-corrected chi connectivity index (χ0v) is 12.0. The lowest BCUT2D eigenvalue weighted by Crippen LogP contribution is -2.14. The number of para-hydroxylation sites is 1. The van der Waals surface area contributed by atoms with E-state index in [0.29, 0.717) is 6.42 Å². The first-order chi connectivity index (χ1) is 10.3. The van der Waals surface area contributed by atoms with Gasteiger partial charge in [-0.3, -0.25) is 0 Å². The van der Waals surface area contributed by atoms with E-state index in [0.717, 1.165) is 27.9 Å². The van der Waals surface area contributed by atoms with Crippen molar-refractivity contribution in [3.8, 4) is 5.75 Å². The van der Waals surface area contributed by atoms with Crippen LogP contribution in [0.5, 0.6) is 5.75 Å². The van der Waals surface area contributed by atoms with Crippen LogP contribution in [0.1, 0.15) is 17.3 Å². The van der Waals surface area contributed by atoms with E-state index >= 15 is 0 Å². The minimum absolute atomic E-state index is 0.0501. The maximum Gasteiger partial charge on any atom is 0.145 e. The molecule has 3 aromatic rings. The fourth-order valence-corrected chi connectivity index (χ4v) is 2.48. The van der Waals surface area contributed by atoms with Gasteiger partial charge in [0.05, 0.1) is 7.11 Å². The number of ether oxygens (including phenoxy) is 1.